The molecule has 11 heteroatoms. The number of pyridine rings is 1. The van der Waals surface area contributed by atoms with Gasteiger partial charge in [-0.1, -0.05) is 11.2 Å². The van der Waals surface area contributed by atoms with E-state index in [0.717, 1.165) is 0 Å². The zero-order valence-electron chi connectivity index (χ0n) is 12.6. The molecule has 0 radical (unpaired) electrons. The maximum Gasteiger partial charge on any atom is 0.272 e. The van der Waals surface area contributed by atoms with Crippen molar-refractivity contribution in [2.75, 3.05) is 20.2 Å². The molecule has 2 aromatic heterocycles. The van der Waals surface area contributed by atoms with E-state index in [9.17, 15) is 17.2 Å². The van der Waals surface area contributed by atoms with Crippen LogP contribution in [0.5, 0.6) is 5.88 Å². The van der Waals surface area contributed by atoms with E-state index < -0.39 is 28.3 Å². The molecule has 2 aromatic rings. The minimum Gasteiger partial charge on any atom is -0.472 e. The van der Waals surface area contributed by atoms with Gasteiger partial charge in [-0.05, 0) is 12.5 Å². The van der Waals surface area contributed by atoms with E-state index in [1.54, 1.807) is 12.1 Å². The Morgan fingerprint density at radius 3 is 2.88 bits per heavy atom. The molecular weight excluding hydrogens is 346 g/mol. The number of hydrogen-bond donors (Lipinski definition) is 0. The number of aromatic nitrogens is 3. The lowest BCUT2D eigenvalue weighted by Crippen LogP contribution is -2.22. The summed E-state index contributed by atoms with van der Waals surface area (Å²) in [6.45, 7) is -0.402. The van der Waals surface area contributed by atoms with Crippen molar-refractivity contribution in [3.8, 4) is 17.4 Å². The van der Waals surface area contributed by atoms with Crippen molar-refractivity contribution in [3.05, 3.63) is 24.1 Å². The van der Waals surface area contributed by atoms with Crippen molar-refractivity contribution in [2.45, 2.75) is 18.1 Å². The first-order valence-electron chi connectivity index (χ1n) is 7.05. The first-order valence-corrected chi connectivity index (χ1v) is 8.55. The average Bonchev–Trinajstić information content (AvgIpc) is 3.11. The van der Waals surface area contributed by atoms with E-state index in [1.165, 1.54) is 17.4 Å². The van der Waals surface area contributed by atoms with Gasteiger partial charge in [0.1, 0.15) is 5.69 Å². The van der Waals surface area contributed by atoms with E-state index in [4.69, 9.17) is 9.26 Å². The molecule has 0 aromatic carbocycles. The Labute approximate surface area is 136 Å². The number of halogens is 2. The molecule has 0 saturated carbocycles. The third-order valence-electron chi connectivity index (χ3n) is 3.53. The van der Waals surface area contributed by atoms with Crippen LogP contribution in [0, 0.1) is 0 Å². The lowest BCUT2D eigenvalue weighted by molar-refractivity contribution is 0.0796. The molecule has 1 atom stereocenters. The summed E-state index contributed by atoms with van der Waals surface area (Å²) in [4.78, 5) is 8.08. The van der Waals surface area contributed by atoms with E-state index in [2.05, 4.69) is 15.1 Å². The molecule has 0 N–H and O–H groups in total. The molecule has 3 heterocycles. The van der Waals surface area contributed by atoms with Crippen LogP contribution in [0.25, 0.3) is 11.5 Å². The summed E-state index contributed by atoms with van der Waals surface area (Å²) in [6.07, 6.45) is -2.26. The molecule has 1 unspecified atom stereocenters. The van der Waals surface area contributed by atoms with Gasteiger partial charge < -0.3 is 9.26 Å². The first-order chi connectivity index (χ1) is 11.4. The van der Waals surface area contributed by atoms with Gasteiger partial charge >= 0.3 is 0 Å². The standard InChI is InChI=1S/C13H14F2N4O4S/c1-19-6-5-9(24(19,20)21)13-17-12(18-23-13)8-3-2-4-11(16-8)22-7-10(14)15/h2-4,9-10H,5-7H2,1H3. The average molecular weight is 360 g/mol. The molecule has 1 fully saturated rings. The van der Waals surface area contributed by atoms with Crippen LogP contribution >= 0.6 is 0 Å². The van der Waals surface area contributed by atoms with Gasteiger partial charge in [0.25, 0.3) is 6.43 Å². The molecule has 0 bridgehead atoms. The minimum absolute atomic E-state index is 0.00706. The molecule has 0 amide bonds. The largest absolute Gasteiger partial charge is 0.472 e. The summed E-state index contributed by atoms with van der Waals surface area (Å²) >= 11 is 0. The smallest absolute Gasteiger partial charge is 0.272 e. The van der Waals surface area contributed by atoms with E-state index in [-0.39, 0.29) is 23.3 Å². The van der Waals surface area contributed by atoms with E-state index in [0.29, 0.717) is 13.0 Å². The Hall–Kier alpha value is -2.14. The lowest BCUT2D eigenvalue weighted by atomic mass is 10.3. The van der Waals surface area contributed by atoms with Crippen molar-refractivity contribution in [1.29, 1.82) is 0 Å². The Bertz CT molecular complexity index is 827. The van der Waals surface area contributed by atoms with Crippen molar-refractivity contribution in [3.63, 3.8) is 0 Å². The molecule has 24 heavy (non-hydrogen) atoms. The fourth-order valence-corrected chi connectivity index (χ4v) is 3.83. The van der Waals surface area contributed by atoms with Crippen molar-refractivity contribution in [1.82, 2.24) is 19.4 Å². The van der Waals surface area contributed by atoms with Gasteiger partial charge in [0.15, 0.2) is 11.9 Å². The quantitative estimate of drug-likeness (QED) is 0.796. The first kappa shape index (κ1) is 16.7. The van der Waals surface area contributed by atoms with Crippen LogP contribution in [0.1, 0.15) is 17.6 Å². The summed E-state index contributed by atoms with van der Waals surface area (Å²) in [5, 5.41) is 2.84. The Balaban J connectivity index is 1.82. The molecule has 130 valence electrons. The topological polar surface area (TPSA) is 98.4 Å². The number of nitrogens with zero attached hydrogens (tertiary/aromatic N) is 4. The summed E-state index contributed by atoms with van der Waals surface area (Å²) in [5.74, 6) is 0.0414. The third-order valence-corrected chi connectivity index (χ3v) is 5.74. The monoisotopic (exact) mass is 360 g/mol. The zero-order chi connectivity index (χ0) is 17.3. The SMILES string of the molecule is CN1CCC(c2nc(-c3cccc(OCC(F)F)n3)no2)S1(=O)=O. The summed E-state index contributed by atoms with van der Waals surface area (Å²) in [5.41, 5.74) is 0.237. The number of hydrogen-bond acceptors (Lipinski definition) is 7. The van der Waals surface area contributed by atoms with Crippen molar-refractivity contribution in [2.24, 2.45) is 0 Å². The zero-order valence-corrected chi connectivity index (χ0v) is 13.4. The van der Waals surface area contributed by atoms with Crippen LogP contribution in [0.2, 0.25) is 0 Å². The summed E-state index contributed by atoms with van der Waals surface area (Å²) in [7, 11) is -2.02. The van der Waals surface area contributed by atoms with Gasteiger partial charge in [0.05, 0.1) is 0 Å². The molecule has 3 rings (SSSR count). The van der Waals surface area contributed by atoms with Crippen LogP contribution in [0.3, 0.4) is 0 Å². The second-order valence-corrected chi connectivity index (χ2v) is 7.39. The van der Waals surface area contributed by atoms with Crippen LogP contribution in [-0.2, 0) is 10.0 Å². The third kappa shape index (κ3) is 3.22. The number of rotatable bonds is 5. The molecule has 1 aliphatic rings. The molecule has 1 aliphatic heterocycles. The molecular formula is C13H14F2N4O4S. The van der Waals surface area contributed by atoms with Crippen LogP contribution in [-0.4, -0.2) is 54.5 Å². The second-order valence-electron chi connectivity index (χ2n) is 5.16. The van der Waals surface area contributed by atoms with Crippen LogP contribution < -0.4 is 4.74 Å². The molecule has 8 nitrogen and oxygen atoms in total. The molecule has 0 aliphatic carbocycles. The Morgan fingerprint density at radius 1 is 1.42 bits per heavy atom. The number of sulfonamides is 1. The van der Waals surface area contributed by atoms with Gasteiger partial charge in [-0.2, -0.15) is 4.98 Å². The van der Waals surface area contributed by atoms with E-state index in [1.807, 2.05) is 0 Å². The van der Waals surface area contributed by atoms with Gasteiger partial charge in [0, 0.05) is 19.7 Å². The Morgan fingerprint density at radius 2 is 2.21 bits per heavy atom. The predicted octanol–water partition coefficient (Wildman–Crippen LogP) is 1.48. The lowest BCUT2D eigenvalue weighted by Gasteiger charge is -2.08. The molecule has 1 saturated heterocycles. The van der Waals surface area contributed by atoms with Gasteiger partial charge in [-0.15, -0.1) is 0 Å². The highest BCUT2D eigenvalue weighted by molar-refractivity contribution is 7.89. The van der Waals surface area contributed by atoms with Crippen molar-refractivity contribution < 1.29 is 26.5 Å². The second kappa shape index (κ2) is 6.40. The molecule has 0 spiro atoms. The van der Waals surface area contributed by atoms with Gasteiger partial charge in [-0.3, -0.25) is 0 Å². The number of ether oxygens (including phenoxy) is 1. The summed E-state index contributed by atoms with van der Waals surface area (Å²) in [6, 6.07) is 4.50. The van der Waals surface area contributed by atoms with E-state index >= 15 is 0 Å². The maximum absolute atomic E-state index is 12.2. The Kier molecular flexibility index (Phi) is 4.45. The maximum atomic E-state index is 12.2. The van der Waals surface area contributed by atoms with Crippen LogP contribution in [0.4, 0.5) is 8.78 Å². The summed E-state index contributed by atoms with van der Waals surface area (Å²) < 4.78 is 59.7. The van der Waals surface area contributed by atoms with Gasteiger partial charge in [0.2, 0.25) is 27.6 Å². The predicted molar refractivity (Wildman–Crippen MR) is 77.9 cm³/mol. The fraction of sp³-hybridized carbons (Fsp3) is 0.462. The van der Waals surface area contributed by atoms with Gasteiger partial charge in [-0.25, -0.2) is 26.5 Å². The van der Waals surface area contributed by atoms with Crippen molar-refractivity contribution >= 4 is 10.0 Å². The number of alkyl halides is 2. The van der Waals surface area contributed by atoms with Crippen LogP contribution in [0.15, 0.2) is 22.7 Å². The highest BCUT2D eigenvalue weighted by Gasteiger charge is 2.41. The fourth-order valence-electron chi connectivity index (χ4n) is 2.28. The highest BCUT2D eigenvalue weighted by atomic mass is 32.2. The highest BCUT2D eigenvalue weighted by Crippen LogP contribution is 2.34. The normalized spacial score (nSPS) is 20.6. The minimum atomic E-state index is -3.51.